The van der Waals surface area contributed by atoms with E-state index < -0.39 is 0 Å². The second-order valence-electron chi connectivity index (χ2n) is 7.64. The molecule has 0 atom stereocenters. The molecule has 4 rings (SSSR count). The summed E-state index contributed by atoms with van der Waals surface area (Å²) in [6, 6.07) is 19.4. The molecule has 0 radical (unpaired) electrons. The Morgan fingerprint density at radius 1 is 1.10 bits per heavy atom. The predicted octanol–water partition coefficient (Wildman–Crippen LogP) is 3.42. The van der Waals surface area contributed by atoms with Crippen LogP contribution >= 0.6 is 24.0 Å². The van der Waals surface area contributed by atoms with Gasteiger partial charge in [0.25, 0.3) is 0 Å². The van der Waals surface area contributed by atoms with Crippen molar-refractivity contribution in [2.24, 2.45) is 4.99 Å². The van der Waals surface area contributed by atoms with E-state index in [2.05, 4.69) is 78.2 Å². The molecule has 3 aromatic rings. The lowest BCUT2D eigenvalue weighted by Crippen LogP contribution is -2.48. The van der Waals surface area contributed by atoms with Crippen LogP contribution in [0.3, 0.4) is 0 Å². The van der Waals surface area contributed by atoms with E-state index in [1.165, 1.54) is 17.5 Å². The molecule has 1 aromatic heterocycles. The van der Waals surface area contributed by atoms with Crippen molar-refractivity contribution in [3.63, 3.8) is 0 Å². The van der Waals surface area contributed by atoms with Gasteiger partial charge < -0.3 is 10.6 Å². The number of benzene rings is 2. The van der Waals surface area contributed by atoms with Crippen LogP contribution in [0.2, 0.25) is 0 Å². The average Bonchev–Trinajstić information content (AvgIpc) is 3.34. The highest BCUT2D eigenvalue weighted by molar-refractivity contribution is 14.0. The molecule has 3 N–H and O–H groups in total. The van der Waals surface area contributed by atoms with Crippen molar-refractivity contribution in [3.05, 3.63) is 72.1 Å². The first-order chi connectivity index (χ1) is 14.8. The number of nitrogens with one attached hydrogen (secondary N) is 3. The molecule has 7 nitrogen and oxygen atoms in total. The summed E-state index contributed by atoms with van der Waals surface area (Å²) in [4.78, 5) is 11.2. The molecule has 0 saturated carbocycles. The van der Waals surface area contributed by atoms with E-state index in [9.17, 15) is 0 Å². The van der Waals surface area contributed by atoms with Gasteiger partial charge in [0.15, 0.2) is 11.8 Å². The lowest BCUT2D eigenvalue weighted by atomic mass is 10.0. The Labute approximate surface area is 200 Å². The highest BCUT2D eigenvalue weighted by Crippen LogP contribution is 2.16. The molecule has 0 unspecified atom stereocenters. The number of rotatable bonds is 6. The molecule has 8 heteroatoms. The molecule has 1 aliphatic rings. The molecule has 1 aliphatic heterocycles. The van der Waals surface area contributed by atoms with Crippen LogP contribution in [0, 0.1) is 0 Å². The van der Waals surface area contributed by atoms with Gasteiger partial charge in [-0.1, -0.05) is 48.5 Å². The van der Waals surface area contributed by atoms with Crippen LogP contribution in [-0.4, -0.2) is 52.2 Å². The fourth-order valence-corrected chi connectivity index (χ4v) is 3.82. The SMILES string of the molecule is CN=C(NCc1cccc(-c2ncn[nH]2)c1)NC1CCN(Cc2ccccc2)CC1.I. The van der Waals surface area contributed by atoms with Crippen LogP contribution in [0.5, 0.6) is 0 Å². The van der Waals surface area contributed by atoms with Crippen LogP contribution in [0.1, 0.15) is 24.0 Å². The normalized spacial score (nSPS) is 15.3. The summed E-state index contributed by atoms with van der Waals surface area (Å²) in [7, 11) is 1.82. The first kappa shape index (κ1) is 23.2. The number of H-pyrrole nitrogens is 1. The molecule has 164 valence electrons. The van der Waals surface area contributed by atoms with Gasteiger partial charge in [-0.3, -0.25) is 15.0 Å². The smallest absolute Gasteiger partial charge is 0.191 e. The van der Waals surface area contributed by atoms with Crippen molar-refractivity contribution >= 4 is 29.9 Å². The van der Waals surface area contributed by atoms with E-state index in [1.54, 1.807) is 0 Å². The first-order valence-corrected chi connectivity index (χ1v) is 10.5. The Balaban J connectivity index is 0.00000272. The molecule has 31 heavy (non-hydrogen) atoms. The molecule has 1 saturated heterocycles. The zero-order valence-electron chi connectivity index (χ0n) is 17.8. The standard InChI is InChI=1S/C23H29N7.HI/c1-24-23(25-15-19-8-5-9-20(14-19)22-26-17-27-29-22)28-21-10-12-30(13-11-21)16-18-6-3-2-4-7-18;/h2-9,14,17,21H,10-13,15-16H2,1H3,(H2,24,25,28)(H,26,27,29);1H. The summed E-state index contributed by atoms with van der Waals surface area (Å²) in [5.41, 5.74) is 3.58. The van der Waals surface area contributed by atoms with Gasteiger partial charge in [-0.15, -0.1) is 24.0 Å². The molecule has 1 fully saturated rings. The van der Waals surface area contributed by atoms with Gasteiger partial charge in [0, 0.05) is 44.8 Å². The van der Waals surface area contributed by atoms with Crippen LogP contribution in [0.4, 0.5) is 0 Å². The minimum atomic E-state index is 0. The fourth-order valence-electron chi connectivity index (χ4n) is 3.82. The van der Waals surface area contributed by atoms with E-state index in [0.29, 0.717) is 12.6 Å². The monoisotopic (exact) mass is 531 g/mol. The fraction of sp³-hybridized carbons (Fsp3) is 0.348. The minimum Gasteiger partial charge on any atom is -0.354 e. The summed E-state index contributed by atoms with van der Waals surface area (Å²) < 4.78 is 0. The Hall–Kier alpha value is -2.46. The van der Waals surface area contributed by atoms with Gasteiger partial charge in [0.1, 0.15) is 6.33 Å². The maximum Gasteiger partial charge on any atom is 0.191 e. The van der Waals surface area contributed by atoms with Crippen LogP contribution in [-0.2, 0) is 13.1 Å². The lowest BCUT2D eigenvalue weighted by Gasteiger charge is -2.33. The summed E-state index contributed by atoms with van der Waals surface area (Å²) in [6.45, 7) is 3.93. The number of nitrogens with zero attached hydrogens (tertiary/aromatic N) is 4. The van der Waals surface area contributed by atoms with Crippen molar-refractivity contribution in [3.8, 4) is 11.4 Å². The van der Waals surface area contributed by atoms with Gasteiger partial charge in [-0.25, -0.2) is 4.98 Å². The highest BCUT2D eigenvalue weighted by atomic mass is 127. The number of guanidine groups is 1. The topological polar surface area (TPSA) is 81.2 Å². The largest absolute Gasteiger partial charge is 0.354 e. The average molecular weight is 531 g/mol. The van der Waals surface area contributed by atoms with Gasteiger partial charge in [0.2, 0.25) is 0 Å². The highest BCUT2D eigenvalue weighted by Gasteiger charge is 2.20. The molecular weight excluding hydrogens is 501 g/mol. The Bertz CT molecular complexity index is 936. The van der Waals surface area contributed by atoms with E-state index in [0.717, 1.165) is 49.8 Å². The van der Waals surface area contributed by atoms with Gasteiger partial charge >= 0.3 is 0 Å². The number of halogens is 1. The van der Waals surface area contributed by atoms with Gasteiger partial charge in [-0.05, 0) is 30.0 Å². The third kappa shape index (κ3) is 6.76. The van der Waals surface area contributed by atoms with E-state index in [4.69, 9.17) is 0 Å². The number of aliphatic imine (C=N–C) groups is 1. The number of likely N-dealkylation sites (tertiary alicyclic amines) is 1. The maximum atomic E-state index is 4.41. The van der Waals surface area contributed by atoms with E-state index in [-0.39, 0.29) is 24.0 Å². The second kappa shape index (κ2) is 11.8. The van der Waals surface area contributed by atoms with Crippen LogP contribution < -0.4 is 10.6 Å². The Kier molecular flexibility index (Phi) is 8.84. The summed E-state index contributed by atoms with van der Waals surface area (Å²) >= 11 is 0. The molecule has 0 spiro atoms. The van der Waals surface area contributed by atoms with Gasteiger partial charge in [0.05, 0.1) is 0 Å². The lowest BCUT2D eigenvalue weighted by molar-refractivity contribution is 0.198. The summed E-state index contributed by atoms with van der Waals surface area (Å²) in [6.07, 6.45) is 3.76. The Morgan fingerprint density at radius 2 is 1.87 bits per heavy atom. The number of aromatic nitrogens is 3. The summed E-state index contributed by atoms with van der Waals surface area (Å²) in [5.74, 6) is 1.63. The van der Waals surface area contributed by atoms with Crippen molar-refractivity contribution in [2.75, 3.05) is 20.1 Å². The maximum absolute atomic E-state index is 4.41. The first-order valence-electron chi connectivity index (χ1n) is 10.5. The third-order valence-electron chi connectivity index (χ3n) is 5.48. The number of aromatic amines is 1. The van der Waals surface area contributed by atoms with Crippen LogP contribution in [0.25, 0.3) is 11.4 Å². The van der Waals surface area contributed by atoms with Crippen molar-refractivity contribution in [1.29, 1.82) is 0 Å². The molecule has 0 aliphatic carbocycles. The number of hydrogen-bond acceptors (Lipinski definition) is 4. The van der Waals surface area contributed by atoms with E-state index >= 15 is 0 Å². The van der Waals surface area contributed by atoms with Gasteiger partial charge in [-0.2, -0.15) is 5.10 Å². The molecule has 2 heterocycles. The number of hydrogen-bond donors (Lipinski definition) is 3. The van der Waals surface area contributed by atoms with E-state index in [1.807, 2.05) is 19.2 Å². The zero-order valence-corrected chi connectivity index (χ0v) is 20.1. The Morgan fingerprint density at radius 3 is 2.58 bits per heavy atom. The quantitative estimate of drug-likeness (QED) is 0.258. The second-order valence-corrected chi connectivity index (χ2v) is 7.64. The molecular formula is C23H30IN7. The van der Waals surface area contributed by atoms with Crippen molar-refractivity contribution < 1.29 is 0 Å². The molecule has 0 amide bonds. The molecule has 2 aromatic carbocycles. The minimum absolute atomic E-state index is 0. The zero-order chi connectivity index (χ0) is 20.6. The van der Waals surface area contributed by atoms with Crippen molar-refractivity contribution in [2.45, 2.75) is 32.0 Å². The number of piperidine rings is 1. The van der Waals surface area contributed by atoms with Crippen molar-refractivity contribution in [1.82, 2.24) is 30.7 Å². The van der Waals surface area contributed by atoms with Crippen LogP contribution in [0.15, 0.2) is 65.9 Å². The predicted molar refractivity (Wildman–Crippen MR) is 135 cm³/mol. The third-order valence-corrected chi connectivity index (χ3v) is 5.48. The summed E-state index contributed by atoms with van der Waals surface area (Å²) in [5, 5.41) is 13.9. The molecule has 0 bridgehead atoms.